The highest BCUT2D eigenvalue weighted by atomic mass is 16.5. The molecule has 1 saturated carbocycles. The number of hydrogen-bond donors (Lipinski definition) is 1. The van der Waals surface area contributed by atoms with Crippen molar-refractivity contribution in [1.82, 2.24) is 19.8 Å². The van der Waals surface area contributed by atoms with Crippen LogP contribution in [-0.2, 0) is 0 Å². The number of methoxy groups -OCH3 is 2. The molecular formula is C27H42N6O2. The highest BCUT2D eigenvalue weighted by Crippen LogP contribution is 2.36. The summed E-state index contributed by atoms with van der Waals surface area (Å²) in [5.41, 5.74) is 0.896. The van der Waals surface area contributed by atoms with Gasteiger partial charge in [0.15, 0.2) is 11.5 Å². The average molecular weight is 483 g/mol. The van der Waals surface area contributed by atoms with E-state index in [1.54, 1.807) is 14.2 Å². The van der Waals surface area contributed by atoms with Gasteiger partial charge in [-0.15, -0.1) is 0 Å². The van der Waals surface area contributed by atoms with Crippen molar-refractivity contribution in [2.45, 2.75) is 63.5 Å². The molecule has 5 rings (SSSR count). The van der Waals surface area contributed by atoms with Gasteiger partial charge in [-0.05, 0) is 51.8 Å². The van der Waals surface area contributed by atoms with E-state index in [9.17, 15) is 0 Å². The first-order valence-corrected chi connectivity index (χ1v) is 13.5. The van der Waals surface area contributed by atoms with E-state index in [4.69, 9.17) is 19.4 Å². The molecule has 1 aliphatic carbocycles. The smallest absolute Gasteiger partial charge is 0.227 e. The van der Waals surface area contributed by atoms with Crippen molar-refractivity contribution in [3.05, 3.63) is 12.1 Å². The van der Waals surface area contributed by atoms with E-state index < -0.39 is 0 Å². The van der Waals surface area contributed by atoms with Gasteiger partial charge in [0.2, 0.25) is 5.95 Å². The van der Waals surface area contributed by atoms with Gasteiger partial charge in [-0.1, -0.05) is 19.3 Å². The fourth-order valence-electron chi connectivity index (χ4n) is 5.99. The number of anilines is 2. The van der Waals surface area contributed by atoms with E-state index in [1.165, 1.54) is 45.2 Å². The van der Waals surface area contributed by atoms with E-state index in [2.05, 4.69) is 27.1 Å². The number of piperidine rings is 1. The fraction of sp³-hybridized carbons (Fsp3) is 0.704. The summed E-state index contributed by atoms with van der Waals surface area (Å²) in [6.07, 6.45) is 10.4. The Hall–Kier alpha value is -2.32. The number of ether oxygens (including phenoxy) is 2. The molecule has 2 saturated heterocycles. The van der Waals surface area contributed by atoms with Crippen LogP contribution in [0, 0.1) is 0 Å². The van der Waals surface area contributed by atoms with Gasteiger partial charge in [0, 0.05) is 56.3 Å². The van der Waals surface area contributed by atoms with Gasteiger partial charge in [-0.3, -0.25) is 0 Å². The summed E-state index contributed by atoms with van der Waals surface area (Å²) in [6.45, 7) is 6.40. The van der Waals surface area contributed by atoms with Gasteiger partial charge in [0.25, 0.3) is 0 Å². The van der Waals surface area contributed by atoms with Crippen molar-refractivity contribution in [1.29, 1.82) is 0 Å². The van der Waals surface area contributed by atoms with Crippen LogP contribution >= 0.6 is 0 Å². The predicted molar refractivity (Wildman–Crippen MR) is 142 cm³/mol. The molecular weight excluding hydrogens is 440 g/mol. The third-order valence-corrected chi connectivity index (χ3v) is 8.15. The number of hydrogen-bond acceptors (Lipinski definition) is 8. The summed E-state index contributed by atoms with van der Waals surface area (Å²) >= 11 is 0. The monoisotopic (exact) mass is 482 g/mol. The van der Waals surface area contributed by atoms with Gasteiger partial charge in [-0.25, -0.2) is 4.98 Å². The lowest BCUT2D eigenvalue weighted by Gasteiger charge is -2.39. The minimum Gasteiger partial charge on any atom is -0.493 e. The topological polar surface area (TPSA) is 66.0 Å². The minimum absolute atomic E-state index is 0.421. The lowest BCUT2D eigenvalue weighted by Crippen LogP contribution is -2.45. The lowest BCUT2D eigenvalue weighted by atomic mass is 9.92. The maximum Gasteiger partial charge on any atom is 0.227 e. The number of likely N-dealkylation sites (N-methyl/N-ethyl adjacent to an activating group) is 1. The second-order valence-electron chi connectivity index (χ2n) is 10.5. The summed E-state index contributed by atoms with van der Waals surface area (Å²) in [6, 6.07) is 5.23. The average Bonchev–Trinajstić information content (AvgIpc) is 3.13. The van der Waals surface area contributed by atoms with Gasteiger partial charge < -0.3 is 29.5 Å². The number of rotatable bonds is 6. The molecule has 0 bridgehead atoms. The predicted octanol–water partition coefficient (Wildman–Crippen LogP) is 4.00. The molecule has 1 N–H and O–H groups in total. The molecule has 8 heteroatoms. The summed E-state index contributed by atoms with van der Waals surface area (Å²) in [7, 11) is 5.55. The van der Waals surface area contributed by atoms with E-state index in [-0.39, 0.29) is 0 Å². The molecule has 3 fully saturated rings. The minimum atomic E-state index is 0.421. The first kappa shape index (κ1) is 24.4. The Morgan fingerprint density at radius 1 is 0.800 bits per heavy atom. The molecule has 2 aromatic rings. The second-order valence-corrected chi connectivity index (χ2v) is 10.5. The van der Waals surface area contributed by atoms with Crippen molar-refractivity contribution in [3.8, 4) is 11.5 Å². The number of nitrogens with zero attached hydrogens (tertiary/aromatic N) is 5. The van der Waals surface area contributed by atoms with Crippen molar-refractivity contribution in [3.63, 3.8) is 0 Å². The molecule has 0 unspecified atom stereocenters. The normalized spacial score (nSPS) is 21.7. The number of aromatic nitrogens is 2. The van der Waals surface area contributed by atoms with Crippen LogP contribution in [0.5, 0.6) is 11.5 Å². The molecule has 192 valence electrons. The van der Waals surface area contributed by atoms with Crippen molar-refractivity contribution >= 4 is 22.7 Å². The van der Waals surface area contributed by atoms with Crippen LogP contribution in [0.4, 0.5) is 11.8 Å². The molecule has 3 heterocycles. The van der Waals surface area contributed by atoms with Crippen molar-refractivity contribution < 1.29 is 9.47 Å². The molecule has 0 amide bonds. The SMILES string of the molecule is COc1cc2nc(N3CCCN(C)CC3)nc(NC3CCN(C4CCCCC4)CC3)c2cc1OC. The van der Waals surface area contributed by atoms with Gasteiger partial charge in [0.05, 0.1) is 19.7 Å². The van der Waals surface area contributed by atoms with Crippen LogP contribution in [0.1, 0.15) is 51.4 Å². The van der Waals surface area contributed by atoms with Crippen LogP contribution < -0.4 is 19.7 Å². The molecule has 0 spiro atoms. The maximum absolute atomic E-state index is 5.61. The third-order valence-electron chi connectivity index (χ3n) is 8.15. The summed E-state index contributed by atoms with van der Waals surface area (Å²) < 4.78 is 11.2. The maximum atomic E-state index is 5.61. The Bertz CT molecular complexity index is 987. The summed E-state index contributed by atoms with van der Waals surface area (Å²) in [5.74, 6) is 3.14. The van der Waals surface area contributed by atoms with Crippen molar-refractivity contribution in [2.75, 3.05) is 70.8 Å². The molecule has 2 aliphatic heterocycles. The van der Waals surface area contributed by atoms with E-state index >= 15 is 0 Å². The molecule has 0 radical (unpaired) electrons. The molecule has 0 atom stereocenters. The number of likely N-dealkylation sites (tertiary alicyclic amines) is 1. The Morgan fingerprint density at radius 3 is 2.29 bits per heavy atom. The van der Waals surface area contributed by atoms with Gasteiger partial charge in [0.1, 0.15) is 5.82 Å². The van der Waals surface area contributed by atoms with Gasteiger partial charge >= 0.3 is 0 Å². The Morgan fingerprint density at radius 2 is 1.54 bits per heavy atom. The third kappa shape index (κ3) is 5.59. The molecule has 8 nitrogen and oxygen atoms in total. The number of nitrogens with one attached hydrogen (secondary N) is 1. The lowest BCUT2D eigenvalue weighted by molar-refractivity contribution is 0.126. The fourth-order valence-corrected chi connectivity index (χ4v) is 5.99. The molecule has 3 aliphatic rings. The quantitative estimate of drug-likeness (QED) is 0.663. The first-order valence-electron chi connectivity index (χ1n) is 13.5. The zero-order valence-corrected chi connectivity index (χ0v) is 21.8. The summed E-state index contributed by atoms with van der Waals surface area (Å²) in [5, 5.41) is 4.82. The second kappa shape index (κ2) is 11.2. The van der Waals surface area contributed by atoms with Crippen LogP contribution in [0.15, 0.2) is 12.1 Å². The Labute approximate surface area is 210 Å². The Balaban J connectivity index is 1.40. The van der Waals surface area contributed by atoms with E-state index in [0.717, 1.165) is 74.2 Å². The zero-order valence-electron chi connectivity index (χ0n) is 21.8. The number of fused-ring (bicyclic) bond motifs is 1. The van der Waals surface area contributed by atoms with E-state index in [1.807, 2.05) is 12.1 Å². The summed E-state index contributed by atoms with van der Waals surface area (Å²) in [4.78, 5) is 17.5. The standard InChI is InChI=1S/C27H42N6O2/c1-31-12-7-13-33(17-16-31)27-29-23-19-25(35-3)24(34-2)18-22(23)26(30-27)28-20-10-14-32(15-11-20)21-8-5-4-6-9-21/h18-21H,4-17H2,1-3H3,(H,28,29,30). The highest BCUT2D eigenvalue weighted by molar-refractivity contribution is 5.93. The van der Waals surface area contributed by atoms with Crippen LogP contribution in [0.25, 0.3) is 10.9 Å². The highest BCUT2D eigenvalue weighted by Gasteiger charge is 2.27. The van der Waals surface area contributed by atoms with E-state index in [0.29, 0.717) is 17.5 Å². The largest absolute Gasteiger partial charge is 0.493 e. The van der Waals surface area contributed by atoms with Crippen molar-refractivity contribution in [2.24, 2.45) is 0 Å². The molecule has 1 aromatic heterocycles. The van der Waals surface area contributed by atoms with Crippen LogP contribution in [0.3, 0.4) is 0 Å². The Kier molecular flexibility index (Phi) is 7.78. The zero-order chi connectivity index (χ0) is 24.2. The van der Waals surface area contributed by atoms with Crippen LogP contribution in [-0.4, -0.2) is 92.4 Å². The molecule has 1 aromatic carbocycles. The number of benzene rings is 1. The van der Waals surface area contributed by atoms with Gasteiger partial charge in [-0.2, -0.15) is 4.98 Å². The molecule has 35 heavy (non-hydrogen) atoms. The first-order chi connectivity index (χ1) is 17.1. The van der Waals surface area contributed by atoms with Crippen LogP contribution in [0.2, 0.25) is 0 Å².